The van der Waals surface area contributed by atoms with Gasteiger partial charge in [0.2, 0.25) is 5.91 Å². The fourth-order valence-corrected chi connectivity index (χ4v) is 5.69. The van der Waals surface area contributed by atoms with Gasteiger partial charge in [-0.3, -0.25) is 4.79 Å². The van der Waals surface area contributed by atoms with E-state index in [0.29, 0.717) is 10.8 Å². The van der Waals surface area contributed by atoms with E-state index in [1.54, 1.807) is 0 Å². The highest BCUT2D eigenvalue weighted by atomic mass is 35.5. The number of nitrogens with zero attached hydrogens (tertiary/aromatic N) is 2. The molecule has 6 heteroatoms. The molecule has 162 valence electrons. The molecule has 1 saturated carbocycles. The fourth-order valence-electron chi connectivity index (χ4n) is 5.37. The minimum Gasteiger partial charge on any atom is -0.489 e. The number of benzene rings is 1. The number of nitriles is 1. The number of carbonyl (C=O) groups excluding carboxylic acids is 1. The Kier molecular flexibility index (Phi) is 5.22. The van der Waals surface area contributed by atoms with Crippen molar-refractivity contribution >= 4 is 28.4 Å². The maximum Gasteiger partial charge on any atom is 0.230 e. The summed E-state index contributed by atoms with van der Waals surface area (Å²) in [5, 5.41) is 11.0. The standard InChI is InChI=1S/C25H28ClN3O2/c1-3-15-8-17-10-16(12-27)11-18(9-15)29(17)25(30)14(2)20-13-28-21-6-7-22(24(26)23(20)21)31-19-4-5-19/h3,6-7,13-14,16-19,28H,4-5,8-11H2,1-2H3. The van der Waals surface area contributed by atoms with E-state index in [9.17, 15) is 10.1 Å². The molecule has 2 bridgehead atoms. The average molecular weight is 438 g/mol. The third-order valence-corrected chi connectivity index (χ3v) is 7.55. The van der Waals surface area contributed by atoms with Crippen LogP contribution in [-0.4, -0.2) is 34.0 Å². The van der Waals surface area contributed by atoms with Crippen LogP contribution in [0.5, 0.6) is 5.75 Å². The monoisotopic (exact) mass is 437 g/mol. The number of hydrogen-bond acceptors (Lipinski definition) is 3. The number of aromatic amines is 1. The molecule has 1 aromatic carbocycles. The lowest BCUT2D eigenvalue weighted by atomic mass is 9.76. The molecular weight excluding hydrogens is 410 g/mol. The topological polar surface area (TPSA) is 69.1 Å². The second kappa shape index (κ2) is 7.91. The molecule has 0 spiro atoms. The molecule has 3 aliphatic rings. The van der Waals surface area contributed by atoms with Crippen LogP contribution in [0.15, 0.2) is 30.0 Å². The van der Waals surface area contributed by atoms with Gasteiger partial charge >= 0.3 is 0 Å². The van der Waals surface area contributed by atoms with Crippen molar-refractivity contribution in [2.45, 2.75) is 76.5 Å². The third kappa shape index (κ3) is 3.61. The first-order valence-electron chi connectivity index (χ1n) is 11.3. The van der Waals surface area contributed by atoms with Crippen LogP contribution in [0.2, 0.25) is 5.02 Å². The van der Waals surface area contributed by atoms with Crippen molar-refractivity contribution in [3.8, 4) is 11.8 Å². The smallest absolute Gasteiger partial charge is 0.230 e. The van der Waals surface area contributed by atoms with Crippen molar-refractivity contribution in [2.24, 2.45) is 5.92 Å². The second-order valence-corrected chi connectivity index (χ2v) is 9.67. The third-order valence-electron chi connectivity index (χ3n) is 7.17. The van der Waals surface area contributed by atoms with Gasteiger partial charge in [0.15, 0.2) is 0 Å². The van der Waals surface area contributed by atoms with Gasteiger partial charge in [-0.25, -0.2) is 0 Å². The number of H-pyrrole nitrogens is 1. The number of aromatic nitrogens is 1. The zero-order chi connectivity index (χ0) is 21.7. The number of amides is 1. The van der Waals surface area contributed by atoms with Crippen LogP contribution in [0, 0.1) is 17.2 Å². The first-order valence-corrected chi connectivity index (χ1v) is 11.7. The van der Waals surface area contributed by atoms with Gasteiger partial charge in [-0.1, -0.05) is 23.3 Å². The molecule has 5 nitrogen and oxygen atoms in total. The van der Waals surface area contributed by atoms with Crippen LogP contribution >= 0.6 is 11.6 Å². The van der Waals surface area contributed by atoms with Crippen LogP contribution in [0.3, 0.4) is 0 Å². The quantitative estimate of drug-likeness (QED) is 0.623. The number of nitrogens with one attached hydrogen (secondary N) is 1. The molecule has 3 fully saturated rings. The number of rotatable bonds is 4. The van der Waals surface area contributed by atoms with Gasteiger partial charge in [0.1, 0.15) is 5.75 Å². The van der Waals surface area contributed by atoms with E-state index in [-0.39, 0.29) is 35.9 Å². The summed E-state index contributed by atoms with van der Waals surface area (Å²) < 4.78 is 5.98. The van der Waals surface area contributed by atoms with Crippen LogP contribution in [0.4, 0.5) is 0 Å². The summed E-state index contributed by atoms with van der Waals surface area (Å²) >= 11 is 6.75. The first-order chi connectivity index (χ1) is 15.0. The summed E-state index contributed by atoms with van der Waals surface area (Å²) in [5.41, 5.74) is 3.24. The fraction of sp³-hybridized carbons (Fsp3) is 0.520. The Balaban J connectivity index is 1.46. The first kappa shape index (κ1) is 20.5. The van der Waals surface area contributed by atoms with Crippen molar-refractivity contribution in [1.29, 1.82) is 5.26 Å². The summed E-state index contributed by atoms with van der Waals surface area (Å²) in [6.45, 7) is 4.04. The van der Waals surface area contributed by atoms with Gasteiger partial charge in [-0.05, 0) is 70.1 Å². The molecule has 2 aliphatic heterocycles. The van der Waals surface area contributed by atoms with Crippen LogP contribution < -0.4 is 4.74 Å². The van der Waals surface area contributed by atoms with Crippen LogP contribution in [0.1, 0.15) is 63.9 Å². The zero-order valence-corrected chi connectivity index (χ0v) is 18.8. The molecule has 1 amide bonds. The van der Waals surface area contributed by atoms with Crippen molar-refractivity contribution in [3.63, 3.8) is 0 Å². The van der Waals surface area contributed by atoms with E-state index in [4.69, 9.17) is 16.3 Å². The largest absolute Gasteiger partial charge is 0.489 e. The molecule has 1 aromatic heterocycles. The summed E-state index contributed by atoms with van der Waals surface area (Å²) in [4.78, 5) is 19.1. The van der Waals surface area contributed by atoms with Crippen molar-refractivity contribution in [1.82, 2.24) is 9.88 Å². The number of ether oxygens (including phenoxy) is 1. The number of allylic oxidation sites excluding steroid dienone is 1. The summed E-state index contributed by atoms with van der Waals surface area (Å²) in [5.74, 6) is 0.546. The van der Waals surface area contributed by atoms with Gasteiger partial charge in [0.05, 0.1) is 29.0 Å². The Labute approximate surface area is 188 Å². The Hall–Kier alpha value is -2.45. The zero-order valence-electron chi connectivity index (χ0n) is 18.0. The Bertz CT molecular complexity index is 1080. The van der Waals surface area contributed by atoms with E-state index < -0.39 is 0 Å². The molecule has 1 aliphatic carbocycles. The van der Waals surface area contributed by atoms with Gasteiger partial charge in [-0.2, -0.15) is 5.26 Å². The molecule has 1 N–H and O–H groups in total. The number of halogens is 1. The van der Waals surface area contributed by atoms with E-state index in [2.05, 4.69) is 29.0 Å². The molecule has 3 atom stereocenters. The number of carbonyl (C=O) groups is 1. The predicted molar refractivity (Wildman–Crippen MR) is 121 cm³/mol. The minimum atomic E-state index is -0.321. The van der Waals surface area contributed by atoms with Crippen molar-refractivity contribution in [2.75, 3.05) is 0 Å². The highest BCUT2D eigenvalue weighted by Crippen LogP contribution is 2.43. The van der Waals surface area contributed by atoms with Crippen LogP contribution in [0.25, 0.3) is 10.9 Å². The maximum atomic E-state index is 13.8. The Morgan fingerprint density at radius 3 is 2.65 bits per heavy atom. The molecule has 3 unspecified atom stereocenters. The summed E-state index contributed by atoms with van der Waals surface area (Å²) in [6.07, 6.45) is 9.76. The number of piperidine rings is 2. The van der Waals surface area contributed by atoms with E-state index >= 15 is 0 Å². The Morgan fingerprint density at radius 2 is 2.03 bits per heavy atom. The van der Waals surface area contributed by atoms with Gasteiger partial charge in [0.25, 0.3) is 0 Å². The lowest BCUT2D eigenvalue weighted by Gasteiger charge is -2.49. The average Bonchev–Trinajstić information content (AvgIpc) is 3.48. The predicted octanol–water partition coefficient (Wildman–Crippen LogP) is 5.71. The second-order valence-electron chi connectivity index (χ2n) is 9.29. The molecule has 2 saturated heterocycles. The summed E-state index contributed by atoms with van der Waals surface area (Å²) in [7, 11) is 0. The SMILES string of the molecule is CC=C1CC2CC(C#N)CC(C1)N2C(=O)C(C)c1c[nH]c2ccc(OC3CC3)c(Cl)c12. The lowest BCUT2D eigenvalue weighted by molar-refractivity contribution is -0.141. The molecule has 31 heavy (non-hydrogen) atoms. The number of hydrogen-bond donors (Lipinski definition) is 1. The maximum absolute atomic E-state index is 13.8. The molecule has 2 aromatic rings. The normalized spacial score (nSPS) is 26.5. The van der Waals surface area contributed by atoms with E-state index in [1.165, 1.54) is 5.57 Å². The van der Waals surface area contributed by atoms with Gasteiger partial charge in [-0.15, -0.1) is 0 Å². The van der Waals surface area contributed by atoms with Crippen LogP contribution in [-0.2, 0) is 4.79 Å². The van der Waals surface area contributed by atoms with E-state index in [0.717, 1.165) is 55.0 Å². The Morgan fingerprint density at radius 1 is 1.32 bits per heavy atom. The molecule has 5 rings (SSSR count). The summed E-state index contributed by atoms with van der Waals surface area (Å²) in [6, 6.07) is 6.54. The molecule has 0 radical (unpaired) electrons. The number of fused-ring (bicyclic) bond motifs is 3. The highest BCUT2D eigenvalue weighted by molar-refractivity contribution is 6.37. The van der Waals surface area contributed by atoms with Crippen molar-refractivity contribution < 1.29 is 9.53 Å². The molecular formula is C25H28ClN3O2. The highest BCUT2D eigenvalue weighted by Gasteiger charge is 2.43. The minimum absolute atomic E-state index is 0.0393. The van der Waals surface area contributed by atoms with Gasteiger partial charge < -0.3 is 14.6 Å². The van der Waals surface area contributed by atoms with Crippen molar-refractivity contribution in [3.05, 3.63) is 40.6 Å². The molecule has 3 heterocycles. The lowest BCUT2D eigenvalue weighted by Crippen LogP contribution is -2.56. The van der Waals surface area contributed by atoms with Gasteiger partial charge in [0, 0.05) is 29.2 Å². The van der Waals surface area contributed by atoms with E-state index in [1.807, 2.05) is 25.3 Å².